The predicted molar refractivity (Wildman–Crippen MR) is 110 cm³/mol. The molecule has 1 N–H and O–H groups in total. The Morgan fingerprint density at radius 2 is 2.00 bits per heavy atom. The van der Waals surface area contributed by atoms with Gasteiger partial charge in [0.25, 0.3) is 11.6 Å². The highest BCUT2D eigenvalue weighted by Gasteiger charge is 2.30. The molecule has 0 radical (unpaired) electrons. The number of piperidine rings is 1. The summed E-state index contributed by atoms with van der Waals surface area (Å²) >= 11 is 0. The zero-order valence-corrected chi connectivity index (χ0v) is 17.4. The van der Waals surface area contributed by atoms with Crippen LogP contribution in [0, 0.1) is 5.41 Å². The number of carbonyl (C=O) groups is 1. The van der Waals surface area contributed by atoms with Crippen molar-refractivity contribution in [1.29, 1.82) is 0 Å². The van der Waals surface area contributed by atoms with Gasteiger partial charge in [0.15, 0.2) is 0 Å². The number of hydrogen-bond acceptors (Lipinski definition) is 5. The molecule has 2 aliphatic rings. The third kappa shape index (κ3) is 4.54. The van der Waals surface area contributed by atoms with Gasteiger partial charge in [-0.3, -0.25) is 4.79 Å². The minimum absolute atomic E-state index is 0.0373. The quantitative estimate of drug-likeness (QED) is 0.818. The van der Waals surface area contributed by atoms with E-state index in [9.17, 15) is 4.79 Å². The lowest BCUT2D eigenvalue weighted by atomic mass is 9.89. The van der Waals surface area contributed by atoms with Crippen LogP contribution in [0.4, 0.5) is 0 Å². The van der Waals surface area contributed by atoms with Crippen LogP contribution < -0.4 is 5.32 Å². The lowest BCUT2D eigenvalue weighted by Gasteiger charge is -2.26. The summed E-state index contributed by atoms with van der Waals surface area (Å²) in [6.45, 7) is 10.4. The van der Waals surface area contributed by atoms with Crippen LogP contribution in [0.25, 0.3) is 11.1 Å². The van der Waals surface area contributed by atoms with E-state index < -0.39 is 0 Å². The second-order valence-corrected chi connectivity index (χ2v) is 9.57. The van der Waals surface area contributed by atoms with E-state index in [0.717, 1.165) is 55.7 Å². The van der Waals surface area contributed by atoms with Gasteiger partial charge < -0.3 is 14.7 Å². The molecule has 2 aromatic heterocycles. The van der Waals surface area contributed by atoms with E-state index in [4.69, 9.17) is 4.52 Å². The Morgan fingerprint density at radius 3 is 2.68 bits per heavy atom. The summed E-state index contributed by atoms with van der Waals surface area (Å²) in [4.78, 5) is 20.2. The minimum Gasteiger partial charge on any atom is -0.351 e. The summed E-state index contributed by atoms with van der Waals surface area (Å²) in [5, 5.41) is 8.19. The third-order valence-corrected chi connectivity index (χ3v) is 5.64. The van der Waals surface area contributed by atoms with E-state index in [-0.39, 0.29) is 11.3 Å². The van der Waals surface area contributed by atoms with Crippen molar-refractivity contribution >= 4 is 17.0 Å². The smallest absolute Gasteiger partial charge is 0.259 e. The van der Waals surface area contributed by atoms with Crippen molar-refractivity contribution in [2.24, 2.45) is 5.41 Å². The van der Waals surface area contributed by atoms with Crippen LogP contribution in [0.5, 0.6) is 0 Å². The Morgan fingerprint density at radius 1 is 1.25 bits per heavy atom. The molecule has 0 unspecified atom stereocenters. The Balaban J connectivity index is 1.55. The summed E-state index contributed by atoms with van der Waals surface area (Å²) in [5.41, 5.74) is 3.03. The molecule has 3 heterocycles. The molecule has 4 rings (SSSR count). The van der Waals surface area contributed by atoms with Crippen LogP contribution in [0.15, 0.2) is 10.6 Å². The van der Waals surface area contributed by atoms with Crippen molar-refractivity contribution in [1.82, 2.24) is 20.4 Å². The zero-order valence-electron chi connectivity index (χ0n) is 17.4. The van der Waals surface area contributed by atoms with Crippen LogP contribution in [0.1, 0.15) is 80.5 Å². The molecule has 1 saturated carbocycles. The van der Waals surface area contributed by atoms with Gasteiger partial charge in [0.05, 0.1) is 16.6 Å². The van der Waals surface area contributed by atoms with Crippen molar-refractivity contribution in [3.63, 3.8) is 0 Å². The number of likely N-dealkylation sites (tertiary alicyclic amines) is 1. The zero-order chi connectivity index (χ0) is 19.7. The third-order valence-electron chi connectivity index (χ3n) is 5.64. The normalized spacial score (nSPS) is 18.5. The first-order valence-electron chi connectivity index (χ1n) is 10.7. The van der Waals surface area contributed by atoms with Gasteiger partial charge in [-0.05, 0) is 56.7 Å². The number of fused-ring (bicyclic) bond motifs is 1. The molecule has 1 saturated heterocycles. The van der Waals surface area contributed by atoms with Crippen LogP contribution in [-0.4, -0.2) is 47.1 Å². The Kier molecular flexibility index (Phi) is 5.41. The maximum absolute atomic E-state index is 13.1. The maximum Gasteiger partial charge on any atom is 0.259 e. The summed E-state index contributed by atoms with van der Waals surface area (Å²) < 4.78 is 5.55. The average Bonchev–Trinajstić information content (AvgIpc) is 3.43. The molecular formula is C22H32N4O2. The van der Waals surface area contributed by atoms with Crippen molar-refractivity contribution < 1.29 is 9.32 Å². The minimum atomic E-state index is -0.0373. The highest BCUT2D eigenvalue weighted by molar-refractivity contribution is 6.06. The number of nitrogens with one attached hydrogen (secondary N) is 1. The molecule has 28 heavy (non-hydrogen) atoms. The van der Waals surface area contributed by atoms with E-state index in [2.05, 4.69) is 41.1 Å². The summed E-state index contributed by atoms with van der Waals surface area (Å²) in [6, 6.07) is 1.97. The lowest BCUT2D eigenvalue weighted by molar-refractivity contribution is 0.0948. The number of pyridine rings is 1. The standard InChI is InChI=1S/C22H32N4O2/c1-22(2,3)14-18-19-16(13-17(15-7-8-15)24-21(19)28-25-18)20(27)23-9-12-26-10-5-4-6-11-26/h13,15H,4-12,14H2,1-3H3,(H,23,27). The van der Waals surface area contributed by atoms with Crippen molar-refractivity contribution in [3.05, 3.63) is 23.0 Å². The molecule has 0 atom stereocenters. The van der Waals surface area contributed by atoms with Gasteiger partial charge in [-0.1, -0.05) is 32.3 Å². The van der Waals surface area contributed by atoms with E-state index in [1.165, 1.54) is 19.3 Å². The molecule has 2 fully saturated rings. The number of aromatic nitrogens is 2. The Labute approximate surface area is 167 Å². The van der Waals surface area contributed by atoms with Crippen LogP contribution >= 0.6 is 0 Å². The van der Waals surface area contributed by atoms with Gasteiger partial charge in [-0.25, -0.2) is 4.98 Å². The van der Waals surface area contributed by atoms with E-state index >= 15 is 0 Å². The number of carbonyl (C=O) groups excluding carboxylic acids is 1. The average molecular weight is 385 g/mol. The topological polar surface area (TPSA) is 71.3 Å². The summed E-state index contributed by atoms with van der Waals surface area (Å²) in [7, 11) is 0. The second-order valence-electron chi connectivity index (χ2n) is 9.57. The second kappa shape index (κ2) is 7.82. The molecule has 6 heteroatoms. The fourth-order valence-corrected chi connectivity index (χ4v) is 4.03. The SMILES string of the molecule is CC(C)(C)Cc1noc2nc(C3CC3)cc(C(=O)NCCN3CCCCC3)c12. The number of rotatable bonds is 6. The molecule has 6 nitrogen and oxygen atoms in total. The Bertz CT molecular complexity index is 842. The molecular weight excluding hydrogens is 352 g/mol. The van der Waals surface area contributed by atoms with Crippen LogP contribution in [0.2, 0.25) is 0 Å². The summed E-state index contributed by atoms with van der Waals surface area (Å²) in [6.07, 6.45) is 6.88. The number of hydrogen-bond donors (Lipinski definition) is 1. The molecule has 1 amide bonds. The fourth-order valence-electron chi connectivity index (χ4n) is 4.03. The van der Waals surface area contributed by atoms with Gasteiger partial charge >= 0.3 is 0 Å². The lowest BCUT2D eigenvalue weighted by Crippen LogP contribution is -2.37. The van der Waals surface area contributed by atoms with Crippen LogP contribution in [0.3, 0.4) is 0 Å². The molecule has 0 bridgehead atoms. The maximum atomic E-state index is 13.1. The first kappa shape index (κ1) is 19.4. The van der Waals surface area contributed by atoms with E-state index in [0.29, 0.717) is 23.7 Å². The first-order valence-corrected chi connectivity index (χ1v) is 10.7. The van der Waals surface area contributed by atoms with Gasteiger partial charge in [-0.2, -0.15) is 0 Å². The fraction of sp³-hybridized carbons (Fsp3) is 0.682. The largest absolute Gasteiger partial charge is 0.351 e. The van der Waals surface area contributed by atoms with Crippen molar-refractivity contribution in [2.75, 3.05) is 26.2 Å². The van der Waals surface area contributed by atoms with Crippen molar-refractivity contribution in [2.45, 2.75) is 65.2 Å². The van der Waals surface area contributed by atoms with Gasteiger partial charge in [0.1, 0.15) is 0 Å². The number of amides is 1. The molecule has 0 aromatic carbocycles. The highest BCUT2D eigenvalue weighted by Crippen LogP contribution is 2.40. The molecule has 0 spiro atoms. The first-order chi connectivity index (χ1) is 13.4. The molecule has 1 aliphatic carbocycles. The van der Waals surface area contributed by atoms with Crippen LogP contribution in [-0.2, 0) is 6.42 Å². The molecule has 1 aliphatic heterocycles. The van der Waals surface area contributed by atoms with Gasteiger partial charge in [-0.15, -0.1) is 0 Å². The van der Waals surface area contributed by atoms with E-state index in [1.807, 2.05) is 6.07 Å². The monoisotopic (exact) mass is 384 g/mol. The molecule has 152 valence electrons. The summed E-state index contributed by atoms with van der Waals surface area (Å²) in [5.74, 6) is 0.421. The number of nitrogens with zero attached hydrogens (tertiary/aromatic N) is 3. The van der Waals surface area contributed by atoms with E-state index in [1.54, 1.807) is 0 Å². The highest BCUT2D eigenvalue weighted by atomic mass is 16.5. The van der Waals surface area contributed by atoms with Gasteiger partial charge in [0.2, 0.25) is 0 Å². The Hall–Kier alpha value is -1.95. The van der Waals surface area contributed by atoms with Gasteiger partial charge in [0, 0.05) is 24.7 Å². The van der Waals surface area contributed by atoms with Crippen molar-refractivity contribution in [3.8, 4) is 0 Å². The molecule has 2 aromatic rings. The predicted octanol–water partition coefficient (Wildman–Crippen LogP) is 3.90.